The van der Waals surface area contributed by atoms with Crippen LogP contribution >= 0.6 is 0 Å². The minimum absolute atomic E-state index is 0.330. The van der Waals surface area contributed by atoms with Crippen molar-refractivity contribution in [3.63, 3.8) is 0 Å². The fourth-order valence-electron chi connectivity index (χ4n) is 1.60. The Bertz CT molecular complexity index is 673. The van der Waals surface area contributed by atoms with Crippen molar-refractivity contribution in [2.75, 3.05) is 0 Å². The van der Waals surface area contributed by atoms with Crippen molar-refractivity contribution in [2.45, 2.75) is 0 Å². The van der Waals surface area contributed by atoms with E-state index in [9.17, 15) is 14.4 Å². The third-order valence-corrected chi connectivity index (χ3v) is 2.49. The highest BCUT2D eigenvalue weighted by Crippen LogP contribution is 2.19. The predicted octanol–water partition coefficient (Wildman–Crippen LogP) is 1.55. The van der Waals surface area contributed by atoms with E-state index in [-0.39, 0.29) is 5.56 Å². The molecule has 0 aliphatic heterocycles. The molecule has 1 heterocycles. The number of benzene rings is 1. The Balaban J connectivity index is 2.57. The van der Waals surface area contributed by atoms with Gasteiger partial charge in [0.05, 0.1) is 0 Å². The first-order chi connectivity index (χ1) is 8.61. The van der Waals surface area contributed by atoms with E-state index in [0.29, 0.717) is 23.0 Å². The molecule has 0 saturated carbocycles. The predicted molar refractivity (Wildman–Crippen MR) is 64.8 cm³/mol. The van der Waals surface area contributed by atoms with E-state index < -0.39 is 11.5 Å². The van der Waals surface area contributed by atoms with Crippen molar-refractivity contribution >= 4 is 12.3 Å². The molecule has 2 rings (SSSR count). The number of aldehydes is 1. The van der Waals surface area contributed by atoms with Crippen molar-refractivity contribution in [1.29, 1.82) is 0 Å². The van der Waals surface area contributed by atoms with Gasteiger partial charge >= 0.3 is 5.97 Å². The molecule has 0 bridgehead atoms. The highest BCUT2D eigenvalue weighted by atomic mass is 16.4. The summed E-state index contributed by atoms with van der Waals surface area (Å²) >= 11 is 0. The standard InChI is InChI=1S/C13H9NO4/c15-7-8-2-1-3-9(4-8)10-5-11(13(17)18)12(16)14-6-10/h1-7H,(H,14,16)(H,17,18). The Morgan fingerprint density at radius 1 is 1.22 bits per heavy atom. The van der Waals surface area contributed by atoms with Crippen molar-refractivity contribution < 1.29 is 14.7 Å². The van der Waals surface area contributed by atoms with E-state index in [4.69, 9.17) is 5.11 Å². The van der Waals surface area contributed by atoms with Gasteiger partial charge in [0.15, 0.2) is 0 Å². The summed E-state index contributed by atoms with van der Waals surface area (Å²) in [7, 11) is 0. The molecule has 18 heavy (non-hydrogen) atoms. The van der Waals surface area contributed by atoms with Crippen LogP contribution in [0.5, 0.6) is 0 Å². The molecule has 5 heteroatoms. The van der Waals surface area contributed by atoms with Gasteiger partial charge in [-0.15, -0.1) is 0 Å². The number of carboxylic acids is 1. The SMILES string of the molecule is O=Cc1cccc(-c2c[nH]c(=O)c(C(=O)O)c2)c1. The molecule has 0 radical (unpaired) electrons. The maximum absolute atomic E-state index is 11.3. The highest BCUT2D eigenvalue weighted by Gasteiger charge is 2.10. The molecule has 0 fully saturated rings. The van der Waals surface area contributed by atoms with Gasteiger partial charge < -0.3 is 10.1 Å². The molecule has 0 unspecified atom stereocenters. The Kier molecular flexibility index (Phi) is 3.05. The second-order valence-corrected chi connectivity index (χ2v) is 3.68. The van der Waals surface area contributed by atoms with Crippen LogP contribution in [0.2, 0.25) is 0 Å². The van der Waals surface area contributed by atoms with Crippen LogP contribution in [0.25, 0.3) is 11.1 Å². The molecular formula is C13H9NO4. The van der Waals surface area contributed by atoms with Crippen molar-refractivity contribution in [3.8, 4) is 11.1 Å². The van der Waals surface area contributed by atoms with Gasteiger partial charge in [0.2, 0.25) is 0 Å². The monoisotopic (exact) mass is 243 g/mol. The van der Waals surface area contributed by atoms with Crippen molar-refractivity contribution in [1.82, 2.24) is 4.98 Å². The number of aromatic carboxylic acids is 1. The maximum atomic E-state index is 11.3. The molecule has 1 aromatic heterocycles. The van der Waals surface area contributed by atoms with Crippen molar-refractivity contribution in [3.05, 3.63) is 58.0 Å². The van der Waals surface area contributed by atoms with Gasteiger partial charge in [0.1, 0.15) is 11.8 Å². The highest BCUT2D eigenvalue weighted by molar-refractivity contribution is 5.89. The number of nitrogens with one attached hydrogen (secondary N) is 1. The van der Waals surface area contributed by atoms with E-state index >= 15 is 0 Å². The summed E-state index contributed by atoms with van der Waals surface area (Å²) in [5, 5.41) is 8.86. The minimum Gasteiger partial charge on any atom is -0.477 e. The van der Waals surface area contributed by atoms with Gasteiger partial charge in [-0.2, -0.15) is 0 Å². The first kappa shape index (κ1) is 11.8. The van der Waals surface area contributed by atoms with Crippen LogP contribution in [0.15, 0.2) is 41.3 Å². The Labute approximate surface area is 102 Å². The van der Waals surface area contributed by atoms with E-state index in [1.165, 1.54) is 12.3 Å². The Hall–Kier alpha value is -2.69. The number of hydrogen-bond donors (Lipinski definition) is 2. The minimum atomic E-state index is -1.29. The lowest BCUT2D eigenvalue weighted by Gasteiger charge is -2.03. The molecule has 90 valence electrons. The quantitative estimate of drug-likeness (QED) is 0.800. The van der Waals surface area contributed by atoms with Gasteiger partial charge in [0.25, 0.3) is 5.56 Å². The number of aromatic nitrogens is 1. The van der Waals surface area contributed by atoms with Crippen LogP contribution in [0.3, 0.4) is 0 Å². The van der Waals surface area contributed by atoms with Crippen LogP contribution in [0.1, 0.15) is 20.7 Å². The summed E-state index contributed by atoms with van der Waals surface area (Å²) < 4.78 is 0. The number of H-pyrrole nitrogens is 1. The lowest BCUT2D eigenvalue weighted by atomic mass is 10.0. The van der Waals surface area contributed by atoms with Crippen LogP contribution in [0.4, 0.5) is 0 Å². The fourth-order valence-corrected chi connectivity index (χ4v) is 1.60. The zero-order valence-electron chi connectivity index (χ0n) is 9.21. The molecule has 0 spiro atoms. The van der Waals surface area contributed by atoms with E-state index in [1.807, 2.05) is 0 Å². The molecule has 0 atom stereocenters. The molecular weight excluding hydrogens is 234 g/mol. The van der Waals surface area contributed by atoms with Crippen LogP contribution in [-0.2, 0) is 0 Å². The van der Waals surface area contributed by atoms with Crippen LogP contribution in [0, 0.1) is 0 Å². The van der Waals surface area contributed by atoms with Gasteiger partial charge in [-0.25, -0.2) is 4.79 Å². The summed E-state index contributed by atoms with van der Waals surface area (Å²) in [6.45, 7) is 0. The third-order valence-electron chi connectivity index (χ3n) is 2.49. The molecule has 5 nitrogen and oxygen atoms in total. The maximum Gasteiger partial charge on any atom is 0.341 e. The zero-order chi connectivity index (χ0) is 13.1. The number of carboxylic acid groups (broad SMARTS) is 1. The van der Waals surface area contributed by atoms with Crippen LogP contribution < -0.4 is 5.56 Å². The van der Waals surface area contributed by atoms with Gasteiger partial charge in [-0.05, 0) is 23.3 Å². The number of carbonyl (C=O) groups is 2. The molecule has 0 saturated heterocycles. The second-order valence-electron chi connectivity index (χ2n) is 3.68. The summed E-state index contributed by atoms with van der Waals surface area (Å²) in [5.74, 6) is -1.29. The van der Waals surface area contributed by atoms with E-state index in [1.54, 1.807) is 24.3 Å². The topological polar surface area (TPSA) is 87.2 Å². The van der Waals surface area contributed by atoms with Crippen LogP contribution in [-0.4, -0.2) is 22.3 Å². The molecule has 0 aliphatic rings. The normalized spacial score (nSPS) is 10.0. The number of aromatic amines is 1. The number of carbonyl (C=O) groups excluding carboxylic acids is 1. The average molecular weight is 243 g/mol. The largest absolute Gasteiger partial charge is 0.477 e. The first-order valence-corrected chi connectivity index (χ1v) is 5.13. The molecule has 1 aromatic carbocycles. The van der Waals surface area contributed by atoms with E-state index in [2.05, 4.69) is 4.98 Å². The molecule has 2 aromatic rings. The van der Waals surface area contributed by atoms with E-state index in [0.717, 1.165) is 0 Å². The first-order valence-electron chi connectivity index (χ1n) is 5.13. The summed E-state index contributed by atoms with van der Waals surface area (Å²) in [4.78, 5) is 35.2. The average Bonchev–Trinajstić information content (AvgIpc) is 2.39. The molecule has 2 N–H and O–H groups in total. The Morgan fingerprint density at radius 3 is 2.67 bits per heavy atom. The fraction of sp³-hybridized carbons (Fsp3) is 0. The molecule has 0 amide bonds. The molecule has 0 aliphatic carbocycles. The lowest BCUT2D eigenvalue weighted by molar-refractivity contribution is 0.0695. The van der Waals surface area contributed by atoms with Crippen molar-refractivity contribution in [2.24, 2.45) is 0 Å². The van der Waals surface area contributed by atoms with Gasteiger partial charge in [0, 0.05) is 11.8 Å². The number of pyridine rings is 1. The van der Waals surface area contributed by atoms with Gasteiger partial charge in [-0.3, -0.25) is 9.59 Å². The smallest absolute Gasteiger partial charge is 0.341 e. The summed E-state index contributed by atoms with van der Waals surface area (Å²) in [6, 6.07) is 7.95. The summed E-state index contributed by atoms with van der Waals surface area (Å²) in [5.41, 5.74) is 0.700. The zero-order valence-corrected chi connectivity index (χ0v) is 9.21. The van der Waals surface area contributed by atoms with Gasteiger partial charge in [-0.1, -0.05) is 18.2 Å². The summed E-state index contributed by atoms with van der Waals surface area (Å²) in [6.07, 6.45) is 2.12. The Morgan fingerprint density at radius 2 is 2.00 bits per heavy atom. The number of rotatable bonds is 3. The second kappa shape index (κ2) is 4.67. The number of hydrogen-bond acceptors (Lipinski definition) is 3. The lowest BCUT2D eigenvalue weighted by Crippen LogP contribution is -2.16. The third kappa shape index (κ3) is 2.20.